The molecule has 0 spiro atoms. The van der Waals surface area contributed by atoms with Crippen LogP contribution in [0.25, 0.3) is 0 Å². The molecule has 0 aliphatic carbocycles. The number of hydrogen-bond acceptors (Lipinski definition) is 6. The highest BCUT2D eigenvalue weighted by molar-refractivity contribution is 6.35. The van der Waals surface area contributed by atoms with Crippen LogP contribution in [0, 0.1) is 0 Å². The minimum Gasteiger partial charge on any atom is -0.421 e. The van der Waals surface area contributed by atoms with Gasteiger partial charge in [-0.05, 0) is 18.9 Å². The maximum absolute atomic E-state index is 12.9. The standard InChI is InChI=1S/C20H27N5O3/c1-3-4-10-24-11-12-25(20(27)19(24)26)16(13-15-8-6-5-7-9-15)18-23-22-17(28-18)14(2)21/h5-9,14,16H,3-4,10-13,21H2,1-2H3. The second-order valence-electron chi connectivity index (χ2n) is 7.12. The quantitative estimate of drug-likeness (QED) is 0.695. The number of hydrogen-bond donors (Lipinski definition) is 1. The highest BCUT2D eigenvalue weighted by Gasteiger charge is 2.38. The molecule has 1 aliphatic heterocycles. The number of unbranched alkanes of at least 4 members (excludes halogenated alkanes) is 1. The Kier molecular flexibility index (Phi) is 6.41. The number of nitrogens with two attached hydrogens (primary N) is 1. The number of benzene rings is 1. The Morgan fingerprint density at radius 2 is 1.82 bits per heavy atom. The molecule has 0 bridgehead atoms. The van der Waals surface area contributed by atoms with Crippen LogP contribution in [0.1, 0.15) is 56.1 Å². The highest BCUT2D eigenvalue weighted by Crippen LogP contribution is 2.27. The first kappa shape index (κ1) is 20.0. The van der Waals surface area contributed by atoms with Crippen LogP contribution in [0.5, 0.6) is 0 Å². The van der Waals surface area contributed by atoms with Gasteiger partial charge in [0.2, 0.25) is 11.8 Å². The van der Waals surface area contributed by atoms with Crippen molar-refractivity contribution in [1.82, 2.24) is 20.0 Å². The molecule has 28 heavy (non-hydrogen) atoms. The number of carbonyl (C=O) groups excluding carboxylic acids is 2. The fraction of sp³-hybridized carbons (Fsp3) is 0.500. The zero-order valence-electron chi connectivity index (χ0n) is 16.4. The van der Waals surface area contributed by atoms with Gasteiger partial charge in [0.25, 0.3) is 0 Å². The van der Waals surface area contributed by atoms with Crippen molar-refractivity contribution in [1.29, 1.82) is 0 Å². The fourth-order valence-corrected chi connectivity index (χ4v) is 3.28. The zero-order chi connectivity index (χ0) is 20.1. The van der Waals surface area contributed by atoms with Gasteiger partial charge in [-0.15, -0.1) is 10.2 Å². The van der Waals surface area contributed by atoms with Gasteiger partial charge in [0, 0.05) is 26.1 Å². The van der Waals surface area contributed by atoms with Crippen molar-refractivity contribution in [2.45, 2.75) is 45.2 Å². The van der Waals surface area contributed by atoms with Gasteiger partial charge in [-0.2, -0.15) is 0 Å². The molecule has 3 rings (SSSR count). The molecule has 150 valence electrons. The fourth-order valence-electron chi connectivity index (χ4n) is 3.28. The molecule has 1 aromatic carbocycles. The van der Waals surface area contributed by atoms with Crippen LogP contribution in [0.15, 0.2) is 34.7 Å². The van der Waals surface area contributed by atoms with Gasteiger partial charge in [0.15, 0.2) is 0 Å². The summed E-state index contributed by atoms with van der Waals surface area (Å²) in [6, 6.07) is 8.83. The lowest BCUT2D eigenvalue weighted by molar-refractivity contribution is -0.158. The SMILES string of the molecule is CCCCN1CCN(C(Cc2ccccc2)c2nnc(C(C)N)o2)C(=O)C1=O. The van der Waals surface area contributed by atoms with Crippen LogP contribution < -0.4 is 5.73 Å². The van der Waals surface area contributed by atoms with Gasteiger partial charge in [-0.1, -0.05) is 43.7 Å². The first-order chi connectivity index (χ1) is 13.5. The Hall–Kier alpha value is -2.74. The van der Waals surface area contributed by atoms with Gasteiger partial charge in [0.05, 0.1) is 6.04 Å². The largest absolute Gasteiger partial charge is 0.421 e. The molecule has 2 atom stereocenters. The molecule has 2 unspecified atom stereocenters. The molecule has 2 aromatic rings. The number of nitrogens with zero attached hydrogens (tertiary/aromatic N) is 4. The van der Waals surface area contributed by atoms with Crippen molar-refractivity contribution >= 4 is 11.8 Å². The third-order valence-corrected chi connectivity index (χ3v) is 4.90. The predicted molar refractivity (Wildman–Crippen MR) is 103 cm³/mol. The number of piperazine rings is 1. The lowest BCUT2D eigenvalue weighted by Gasteiger charge is -2.37. The van der Waals surface area contributed by atoms with E-state index in [0.29, 0.717) is 37.8 Å². The Morgan fingerprint density at radius 3 is 2.46 bits per heavy atom. The number of amides is 2. The first-order valence-corrected chi connectivity index (χ1v) is 9.74. The molecule has 8 nitrogen and oxygen atoms in total. The van der Waals surface area contributed by atoms with Crippen LogP contribution in [-0.2, 0) is 16.0 Å². The topological polar surface area (TPSA) is 106 Å². The molecule has 0 saturated carbocycles. The normalized spacial score (nSPS) is 17.1. The van der Waals surface area contributed by atoms with Crippen LogP contribution in [0.4, 0.5) is 0 Å². The van der Waals surface area contributed by atoms with E-state index >= 15 is 0 Å². The van der Waals surface area contributed by atoms with Gasteiger partial charge in [-0.3, -0.25) is 9.59 Å². The average molecular weight is 385 g/mol. The van der Waals surface area contributed by atoms with Crippen molar-refractivity contribution in [3.05, 3.63) is 47.7 Å². The lowest BCUT2D eigenvalue weighted by Crippen LogP contribution is -2.55. The van der Waals surface area contributed by atoms with Crippen molar-refractivity contribution < 1.29 is 14.0 Å². The summed E-state index contributed by atoms with van der Waals surface area (Å²) in [6.45, 7) is 5.36. The summed E-state index contributed by atoms with van der Waals surface area (Å²) in [5.74, 6) is -0.374. The van der Waals surface area contributed by atoms with Gasteiger partial charge in [0.1, 0.15) is 6.04 Å². The lowest BCUT2D eigenvalue weighted by atomic mass is 10.0. The van der Waals surface area contributed by atoms with Crippen molar-refractivity contribution in [2.75, 3.05) is 19.6 Å². The third-order valence-electron chi connectivity index (χ3n) is 4.90. The van der Waals surface area contributed by atoms with Gasteiger partial charge >= 0.3 is 11.8 Å². The van der Waals surface area contributed by atoms with E-state index in [1.165, 1.54) is 0 Å². The summed E-state index contributed by atoms with van der Waals surface area (Å²) in [7, 11) is 0. The molecule has 2 N–H and O–H groups in total. The Labute approximate surface area is 164 Å². The molecule has 1 fully saturated rings. The molecule has 8 heteroatoms. The smallest absolute Gasteiger partial charge is 0.312 e. The second kappa shape index (κ2) is 8.97. The van der Waals surface area contributed by atoms with Crippen molar-refractivity contribution in [3.8, 4) is 0 Å². The molecular weight excluding hydrogens is 358 g/mol. The summed E-state index contributed by atoms with van der Waals surface area (Å²) < 4.78 is 5.74. The summed E-state index contributed by atoms with van der Waals surface area (Å²) in [5.41, 5.74) is 6.85. The molecule has 1 saturated heterocycles. The van der Waals surface area contributed by atoms with E-state index in [2.05, 4.69) is 17.1 Å². The van der Waals surface area contributed by atoms with E-state index < -0.39 is 23.9 Å². The zero-order valence-corrected chi connectivity index (χ0v) is 16.4. The van der Waals surface area contributed by atoms with Gasteiger partial charge in [-0.25, -0.2) is 0 Å². The van der Waals surface area contributed by atoms with E-state index in [4.69, 9.17) is 10.2 Å². The average Bonchev–Trinajstić information content (AvgIpc) is 3.19. The van der Waals surface area contributed by atoms with E-state index in [-0.39, 0.29) is 0 Å². The van der Waals surface area contributed by atoms with Crippen LogP contribution >= 0.6 is 0 Å². The van der Waals surface area contributed by atoms with E-state index in [1.54, 1.807) is 16.7 Å². The Bertz CT molecular complexity index is 805. The molecule has 2 heterocycles. The molecule has 0 radical (unpaired) electrons. The maximum Gasteiger partial charge on any atom is 0.312 e. The Balaban J connectivity index is 1.86. The van der Waals surface area contributed by atoms with E-state index in [0.717, 1.165) is 18.4 Å². The number of carbonyl (C=O) groups is 2. The van der Waals surface area contributed by atoms with E-state index in [1.807, 2.05) is 30.3 Å². The summed E-state index contributed by atoms with van der Waals surface area (Å²) in [4.78, 5) is 28.6. The maximum atomic E-state index is 12.9. The minimum absolute atomic E-state index is 0.305. The minimum atomic E-state index is -0.524. The second-order valence-corrected chi connectivity index (χ2v) is 7.12. The molecular formula is C20H27N5O3. The highest BCUT2D eigenvalue weighted by atomic mass is 16.4. The first-order valence-electron chi connectivity index (χ1n) is 9.74. The Morgan fingerprint density at radius 1 is 1.11 bits per heavy atom. The predicted octanol–water partition coefficient (Wildman–Crippen LogP) is 1.84. The molecule has 1 aromatic heterocycles. The van der Waals surface area contributed by atoms with Crippen LogP contribution in [0.2, 0.25) is 0 Å². The molecule has 1 aliphatic rings. The summed E-state index contributed by atoms with van der Waals surface area (Å²) in [5, 5.41) is 8.12. The summed E-state index contributed by atoms with van der Waals surface area (Å²) in [6.07, 6.45) is 2.34. The van der Waals surface area contributed by atoms with Crippen LogP contribution in [-0.4, -0.2) is 51.4 Å². The van der Waals surface area contributed by atoms with E-state index in [9.17, 15) is 9.59 Å². The molecule has 2 amide bonds. The number of aromatic nitrogens is 2. The van der Waals surface area contributed by atoms with Crippen molar-refractivity contribution in [3.63, 3.8) is 0 Å². The third kappa shape index (κ3) is 4.39. The van der Waals surface area contributed by atoms with Gasteiger partial charge < -0.3 is 20.0 Å². The monoisotopic (exact) mass is 385 g/mol. The van der Waals surface area contributed by atoms with Crippen LogP contribution in [0.3, 0.4) is 0 Å². The number of rotatable bonds is 8. The van der Waals surface area contributed by atoms with Crippen molar-refractivity contribution in [2.24, 2.45) is 5.73 Å². The summed E-state index contributed by atoms with van der Waals surface area (Å²) >= 11 is 0.